The average molecular weight is 660 g/mol. The van der Waals surface area contributed by atoms with E-state index in [1.165, 1.54) is 7.11 Å². The smallest absolute Gasteiger partial charge is 0.407 e. The number of hydrogen-bond acceptors (Lipinski definition) is 6. The molecule has 2 heterocycles. The Morgan fingerprint density at radius 2 is 1.55 bits per heavy atom. The van der Waals surface area contributed by atoms with Crippen molar-refractivity contribution in [1.82, 2.24) is 20.9 Å². The number of aromatic amines is 1. The topological polar surface area (TPSA) is 134 Å². The zero-order chi connectivity index (χ0) is 34.0. The predicted octanol–water partition coefficient (Wildman–Crippen LogP) is 5.38. The number of nitrogens with one attached hydrogen (secondary N) is 5. The van der Waals surface area contributed by atoms with Gasteiger partial charge in [0.15, 0.2) is 0 Å². The monoisotopic (exact) mass is 659 g/mol. The highest BCUT2D eigenvalue weighted by Gasteiger charge is 2.33. The molecule has 1 aliphatic rings. The quantitative estimate of drug-likeness (QED) is 0.122. The molecule has 49 heavy (non-hydrogen) atoms. The first-order valence-corrected chi connectivity index (χ1v) is 16.5. The third-order valence-corrected chi connectivity index (χ3v) is 8.85. The maximum Gasteiger partial charge on any atom is 0.407 e. The summed E-state index contributed by atoms with van der Waals surface area (Å²) in [7, 11) is 1.28. The van der Waals surface area contributed by atoms with Crippen molar-refractivity contribution in [2.24, 2.45) is 0 Å². The molecule has 0 unspecified atom stereocenters. The van der Waals surface area contributed by atoms with Crippen LogP contribution in [0.3, 0.4) is 0 Å². The van der Waals surface area contributed by atoms with Gasteiger partial charge in [0.05, 0.1) is 19.8 Å². The van der Waals surface area contributed by atoms with Crippen LogP contribution in [0.1, 0.15) is 39.5 Å². The van der Waals surface area contributed by atoms with Gasteiger partial charge in [-0.2, -0.15) is 0 Å². The molecule has 1 fully saturated rings. The molecular formula is C39H41N5O5. The standard InChI is InChI=1S/C39H41N5O5/c1-48-39(47)44-36(35(27-13-4-2-5-14-27)28-15-6-3-7-16-28)38(46)43-32-18-10-8-12-26(32)20-21-31-24-40-30(25-49-31)23-41-37(45)34-22-29-17-9-11-19-33(29)42-34/h2-19,22,30-31,35-36,40,42H,20-21,23-25H2,1H3,(H,41,45)(H,43,46)(H,44,47)/t30-,31-,36+/m1/s1. The second-order valence-corrected chi connectivity index (χ2v) is 12.1. The van der Waals surface area contributed by atoms with Gasteiger partial charge in [-0.1, -0.05) is 97.1 Å². The zero-order valence-corrected chi connectivity index (χ0v) is 27.4. The number of amides is 3. The highest BCUT2D eigenvalue weighted by atomic mass is 16.5. The zero-order valence-electron chi connectivity index (χ0n) is 27.4. The minimum absolute atomic E-state index is 0.00225. The van der Waals surface area contributed by atoms with Gasteiger partial charge in [0.25, 0.3) is 5.91 Å². The van der Waals surface area contributed by atoms with Gasteiger partial charge >= 0.3 is 6.09 Å². The van der Waals surface area contributed by atoms with Crippen molar-refractivity contribution in [3.05, 3.63) is 138 Å². The molecule has 10 heteroatoms. The van der Waals surface area contributed by atoms with E-state index in [1.54, 1.807) is 0 Å². The van der Waals surface area contributed by atoms with Gasteiger partial charge in [-0.15, -0.1) is 0 Å². The summed E-state index contributed by atoms with van der Waals surface area (Å²) in [5, 5.41) is 13.4. The number of para-hydroxylation sites is 2. The van der Waals surface area contributed by atoms with Crippen LogP contribution in [0.2, 0.25) is 0 Å². The highest BCUT2D eigenvalue weighted by Crippen LogP contribution is 2.30. The van der Waals surface area contributed by atoms with E-state index in [0.717, 1.165) is 34.0 Å². The lowest BCUT2D eigenvalue weighted by Gasteiger charge is -2.31. The molecule has 10 nitrogen and oxygen atoms in total. The minimum atomic E-state index is -0.954. The molecule has 5 aromatic rings. The van der Waals surface area contributed by atoms with Crippen molar-refractivity contribution >= 4 is 34.5 Å². The van der Waals surface area contributed by atoms with E-state index in [2.05, 4.69) is 26.3 Å². The largest absolute Gasteiger partial charge is 0.453 e. The van der Waals surface area contributed by atoms with Crippen LogP contribution in [0.25, 0.3) is 10.9 Å². The van der Waals surface area contributed by atoms with Crippen molar-refractivity contribution in [3.8, 4) is 0 Å². The SMILES string of the molecule is COC(=O)N[C@H](C(=O)Nc1ccccc1CC[C@@H]1CN[C@H](CNC(=O)c2cc3ccccc3[nH]2)CO1)C(c1ccccc1)c1ccccc1. The Morgan fingerprint density at radius 1 is 0.878 bits per heavy atom. The Labute approximate surface area is 285 Å². The molecule has 3 amide bonds. The molecule has 4 aromatic carbocycles. The second kappa shape index (κ2) is 16.1. The van der Waals surface area contributed by atoms with Gasteiger partial charge < -0.3 is 35.7 Å². The fraction of sp³-hybridized carbons (Fsp3) is 0.256. The van der Waals surface area contributed by atoms with Crippen LogP contribution in [0.4, 0.5) is 10.5 Å². The number of methoxy groups -OCH3 is 1. The van der Waals surface area contributed by atoms with Crippen LogP contribution >= 0.6 is 0 Å². The fourth-order valence-electron chi connectivity index (χ4n) is 6.26. The maximum atomic E-state index is 14.0. The number of benzene rings is 4. The number of alkyl carbamates (subject to hydrolysis) is 1. The van der Waals surface area contributed by atoms with E-state index < -0.39 is 18.1 Å². The van der Waals surface area contributed by atoms with Crippen LogP contribution in [-0.4, -0.2) is 67.9 Å². The lowest BCUT2D eigenvalue weighted by molar-refractivity contribution is -0.118. The number of ether oxygens (including phenoxy) is 2. The van der Waals surface area contributed by atoms with Crippen LogP contribution < -0.4 is 21.3 Å². The lowest BCUT2D eigenvalue weighted by Crippen LogP contribution is -2.51. The fourth-order valence-corrected chi connectivity index (χ4v) is 6.26. The van der Waals surface area contributed by atoms with Crippen molar-refractivity contribution in [2.75, 3.05) is 32.1 Å². The first kappa shape index (κ1) is 33.5. The van der Waals surface area contributed by atoms with Gasteiger partial charge in [-0.3, -0.25) is 9.59 Å². The minimum Gasteiger partial charge on any atom is -0.453 e. The van der Waals surface area contributed by atoms with Crippen LogP contribution in [0.5, 0.6) is 0 Å². The van der Waals surface area contributed by atoms with Crippen molar-refractivity contribution < 1.29 is 23.9 Å². The molecule has 252 valence electrons. The summed E-state index contributed by atoms with van der Waals surface area (Å²) in [5.74, 6) is -0.972. The first-order chi connectivity index (χ1) is 24.0. The third-order valence-electron chi connectivity index (χ3n) is 8.85. The lowest BCUT2D eigenvalue weighted by atomic mass is 9.84. The predicted molar refractivity (Wildman–Crippen MR) is 190 cm³/mol. The Kier molecular flexibility index (Phi) is 11.0. The molecule has 3 atom stereocenters. The van der Waals surface area contributed by atoms with E-state index in [9.17, 15) is 14.4 Å². The Morgan fingerprint density at radius 3 is 2.22 bits per heavy atom. The Balaban J connectivity index is 1.06. The van der Waals surface area contributed by atoms with Gasteiger partial charge in [-0.05, 0) is 47.7 Å². The molecule has 5 N–H and O–H groups in total. The van der Waals surface area contributed by atoms with Crippen LogP contribution in [0, 0.1) is 0 Å². The number of morpholine rings is 1. The summed E-state index contributed by atoms with van der Waals surface area (Å²) in [6, 6.07) is 35.7. The molecule has 1 aliphatic heterocycles. The van der Waals surface area contributed by atoms with E-state index in [1.807, 2.05) is 115 Å². The first-order valence-electron chi connectivity index (χ1n) is 16.5. The normalized spacial score (nSPS) is 16.5. The van der Waals surface area contributed by atoms with Gasteiger partial charge in [-0.25, -0.2) is 4.79 Å². The number of fused-ring (bicyclic) bond motifs is 1. The Bertz CT molecular complexity index is 1780. The molecule has 0 spiro atoms. The summed E-state index contributed by atoms with van der Waals surface area (Å²) >= 11 is 0. The molecule has 1 aromatic heterocycles. The van der Waals surface area contributed by atoms with Gasteiger partial charge in [0.2, 0.25) is 5.91 Å². The van der Waals surface area contributed by atoms with Crippen LogP contribution in [0.15, 0.2) is 115 Å². The molecular weight excluding hydrogens is 618 g/mol. The molecule has 0 saturated carbocycles. The second-order valence-electron chi connectivity index (χ2n) is 12.1. The van der Waals surface area contributed by atoms with Gasteiger partial charge in [0.1, 0.15) is 11.7 Å². The summed E-state index contributed by atoms with van der Waals surface area (Å²) < 4.78 is 11.1. The number of carbonyl (C=O) groups is 3. The molecule has 0 radical (unpaired) electrons. The summed E-state index contributed by atoms with van der Waals surface area (Å²) in [6.45, 7) is 1.56. The highest BCUT2D eigenvalue weighted by molar-refractivity contribution is 5.99. The molecule has 0 aliphatic carbocycles. The van der Waals surface area contributed by atoms with E-state index in [4.69, 9.17) is 9.47 Å². The van der Waals surface area contributed by atoms with Crippen LogP contribution in [-0.2, 0) is 20.7 Å². The maximum absolute atomic E-state index is 14.0. The van der Waals surface area contributed by atoms with Crippen molar-refractivity contribution in [1.29, 1.82) is 0 Å². The summed E-state index contributed by atoms with van der Waals surface area (Å²) in [5.41, 5.74) is 4.86. The third kappa shape index (κ3) is 8.53. The number of anilines is 1. The Hall–Kier alpha value is -5.45. The summed E-state index contributed by atoms with van der Waals surface area (Å²) in [6.07, 6.45) is 0.677. The average Bonchev–Trinajstić information content (AvgIpc) is 3.59. The number of aromatic nitrogens is 1. The number of hydrogen-bond donors (Lipinski definition) is 5. The van der Waals surface area contributed by atoms with Crippen molar-refractivity contribution in [2.45, 2.75) is 36.9 Å². The van der Waals surface area contributed by atoms with E-state index >= 15 is 0 Å². The van der Waals surface area contributed by atoms with E-state index in [0.29, 0.717) is 37.5 Å². The molecule has 1 saturated heterocycles. The number of H-pyrrole nitrogens is 1. The molecule has 6 rings (SSSR count). The van der Waals surface area contributed by atoms with Gasteiger partial charge in [0, 0.05) is 41.6 Å². The molecule has 0 bridgehead atoms. The number of aryl methyl sites for hydroxylation is 1. The number of carbonyl (C=O) groups excluding carboxylic acids is 3. The summed E-state index contributed by atoms with van der Waals surface area (Å²) in [4.78, 5) is 42.5. The van der Waals surface area contributed by atoms with Crippen molar-refractivity contribution in [3.63, 3.8) is 0 Å². The van der Waals surface area contributed by atoms with E-state index in [-0.39, 0.29) is 24.0 Å². The number of rotatable bonds is 12.